The number of rotatable bonds is 2. The van der Waals surface area contributed by atoms with Crippen LogP contribution in [-0.4, -0.2) is 63.4 Å². The van der Waals surface area contributed by atoms with Gasteiger partial charge in [-0.05, 0) is 50.2 Å². The van der Waals surface area contributed by atoms with E-state index in [1.54, 1.807) is 17.0 Å². The van der Waals surface area contributed by atoms with Crippen LogP contribution in [0.5, 0.6) is 5.75 Å². The summed E-state index contributed by atoms with van der Waals surface area (Å²) in [6, 6.07) is 3.97. The predicted molar refractivity (Wildman–Crippen MR) is 105 cm³/mol. The molecule has 1 aromatic carbocycles. The first-order valence-corrected chi connectivity index (χ1v) is 12.0. The van der Waals surface area contributed by atoms with Gasteiger partial charge in [0, 0.05) is 18.2 Å². The number of sulfonamides is 1. The molecule has 0 unspecified atom stereocenters. The van der Waals surface area contributed by atoms with E-state index in [-0.39, 0.29) is 49.0 Å². The molecule has 7 nitrogen and oxygen atoms in total. The minimum absolute atomic E-state index is 0.0274. The summed E-state index contributed by atoms with van der Waals surface area (Å²) < 4.78 is 52.6. The van der Waals surface area contributed by atoms with Gasteiger partial charge < -0.3 is 14.4 Å². The zero-order valence-electron chi connectivity index (χ0n) is 16.5. The molecule has 1 N–H and O–H groups in total. The molecule has 3 heterocycles. The molecule has 2 atom stereocenters. The summed E-state index contributed by atoms with van der Waals surface area (Å²) in [5.41, 5.74) is 0.549. The summed E-state index contributed by atoms with van der Waals surface area (Å²) in [7, 11) is -3.40. The van der Waals surface area contributed by atoms with Gasteiger partial charge in [0.25, 0.3) is 5.91 Å². The van der Waals surface area contributed by atoms with Crippen molar-refractivity contribution >= 4 is 15.9 Å². The van der Waals surface area contributed by atoms with Crippen molar-refractivity contribution in [2.45, 2.75) is 56.2 Å². The van der Waals surface area contributed by atoms with Gasteiger partial charge >= 0.3 is 0 Å². The third-order valence-corrected chi connectivity index (χ3v) is 6.91. The van der Waals surface area contributed by atoms with Gasteiger partial charge in [0.05, 0.1) is 25.0 Å². The van der Waals surface area contributed by atoms with Crippen LogP contribution in [0.4, 0.5) is 4.39 Å². The minimum Gasteiger partial charge on any atom is -0.483 e. The van der Waals surface area contributed by atoms with Crippen molar-refractivity contribution in [1.82, 2.24) is 9.62 Å². The van der Waals surface area contributed by atoms with E-state index in [1.807, 2.05) is 0 Å². The van der Waals surface area contributed by atoms with E-state index in [4.69, 9.17) is 9.47 Å². The lowest BCUT2D eigenvalue weighted by molar-refractivity contribution is -0.136. The third-order valence-electron chi connectivity index (χ3n) is 6.18. The van der Waals surface area contributed by atoms with Crippen molar-refractivity contribution in [3.63, 3.8) is 0 Å². The van der Waals surface area contributed by atoms with E-state index in [9.17, 15) is 17.6 Å². The Balaban J connectivity index is 1.61. The first-order valence-electron chi connectivity index (χ1n) is 10.1. The van der Waals surface area contributed by atoms with Gasteiger partial charge in [-0.1, -0.05) is 6.07 Å². The Labute approximate surface area is 170 Å². The summed E-state index contributed by atoms with van der Waals surface area (Å²) in [5.74, 6) is -0.0891. The van der Waals surface area contributed by atoms with Crippen molar-refractivity contribution in [2.75, 3.05) is 26.0 Å². The molecule has 0 aromatic heterocycles. The fraction of sp³-hybridized carbons (Fsp3) is 0.650. The highest BCUT2D eigenvalue weighted by molar-refractivity contribution is 7.88. The quantitative estimate of drug-likeness (QED) is 0.779. The number of amides is 1. The van der Waals surface area contributed by atoms with Crippen LogP contribution in [-0.2, 0) is 19.6 Å². The number of ether oxygens (including phenoxy) is 2. The van der Waals surface area contributed by atoms with Crippen LogP contribution in [0.2, 0.25) is 0 Å². The van der Waals surface area contributed by atoms with E-state index in [2.05, 4.69) is 4.72 Å². The second kappa shape index (κ2) is 8.20. The van der Waals surface area contributed by atoms with Gasteiger partial charge in [-0.15, -0.1) is 0 Å². The maximum atomic E-state index is 14.6. The zero-order chi connectivity index (χ0) is 20.6. The molecule has 1 amide bonds. The predicted octanol–water partition coefficient (Wildman–Crippen LogP) is 1.78. The normalized spacial score (nSPS) is 30.6. The number of benzene rings is 1. The molecule has 1 saturated carbocycles. The van der Waals surface area contributed by atoms with Crippen molar-refractivity contribution in [1.29, 1.82) is 0 Å². The van der Waals surface area contributed by atoms with Gasteiger partial charge in [-0.3, -0.25) is 4.79 Å². The number of carbonyl (C=O) groups is 1. The van der Waals surface area contributed by atoms with Crippen LogP contribution >= 0.6 is 0 Å². The van der Waals surface area contributed by atoms with E-state index < -0.39 is 10.0 Å². The fourth-order valence-corrected chi connectivity index (χ4v) is 5.62. The average molecular weight is 427 g/mol. The molecular weight excluding hydrogens is 399 g/mol. The minimum atomic E-state index is -3.40. The highest BCUT2D eigenvalue weighted by Crippen LogP contribution is 2.40. The first kappa shape index (κ1) is 20.6. The molecule has 2 bridgehead atoms. The molecule has 0 radical (unpaired) electrons. The molecule has 1 saturated heterocycles. The molecule has 4 aliphatic rings. The Morgan fingerprint density at radius 3 is 2.66 bits per heavy atom. The lowest BCUT2D eigenvalue weighted by atomic mass is 9.82. The van der Waals surface area contributed by atoms with E-state index in [0.717, 1.165) is 31.9 Å². The SMILES string of the molecule is CS(=O)(=O)N[C@H]1CCN2C(=O)COc3cccc(F)c3[C@H]3CC[C@H](CC3)OC[C@@H]12. The Morgan fingerprint density at radius 1 is 1.17 bits per heavy atom. The van der Waals surface area contributed by atoms with Crippen LogP contribution in [0, 0.1) is 5.82 Å². The van der Waals surface area contributed by atoms with Gasteiger partial charge in [-0.2, -0.15) is 0 Å². The Hall–Kier alpha value is -1.71. The maximum Gasteiger partial charge on any atom is 0.260 e. The van der Waals surface area contributed by atoms with E-state index in [1.165, 1.54) is 6.07 Å². The van der Waals surface area contributed by atoms with Crippen molar-refractivity contribution < 1.29 is 27.1 Å². The molecule has 3 aliphatic heterocycles. The first-order chi connectivity index (χ1) is 13.8. The molecule has 29 heavy (non-hydrogen) atoms. The molecule has 2 fully saturated rings. The number of nitrogens with one attached hydrogen (secondary N) is 1. The monoisotopic (exact) mass is 426 g/mol. The molecule has 160 valence electrons. The number of hydrogen-bond acceptors (Lipinski definition) is 5. The summed E-state index contributed by atoms with van der Waals surface area (Å²) in [6.07, 6.45) is 4.83. The third kappa shape index (κ3) is 4.57. The van der Waals surface area contributed by atoms with Crippen molar-refractivity contribution in [3.05, 3.63) is 29.6 Å². The smallest absolute Gasteiger partial charge is 0.260 e. The van der Waals surface area contributed by atoms with E-state index in [0.29, 0.717) is 24.3 Å². The number of fused-ring (bicyclic) bond motifs is 5. The number of nitrogens with zero attached hydrogens (tertiary/aromatic N) is 1. The number of halogens is 1. The molecule has 0 spiro atoms. The van der Waals surface area contributed by atoms with Crippen LogP contribution in [0.1, 0.15) is 43.6 Å². The summed E-state index contributed by atoms with van der Waals surface area (Å²) in [5, 5.41) is 0. The van der Waals surface area contributed by atoms with Crippen molar-refractivity contribution in [2.24, 2.45) is 0 Å². The summed E-state index contributed by atoms with van der Waals surface area (Å²) in [4.78, 5) is 14.5. The zero-order valence-corrected chi connectivity index (χ0v) is 17.3. The Bertz CT molecular complexity index is 870. The van der Waals surface area contributed by atoms with Crippen LogP contribution < -0.4 is 9.46 Å². The highest BCUT2D eigenvalue weighted by Gasteiger charge is 2.40. The number of carbonyl (C=O) groups excluding carboxylic acids is 1. The van der Waals surface area contributed by atoms with Gasteiger partial charge in [0.15, 0.2) is 6.61 Å². The summed E-state index contributed by atoms with van der Waals surface area (Å²) in [6.45, 7) is 0.483. The average Bonchev–Trinajstić information content (AvgIpc) is 3.05. The molecule has 5 rings (SSSR count). The lowest BCUT2D eigenvalue weighted by Gasteiger charge is -2.32. The van der Waals surface area contributed by atoms with Crippen LogP contribution in [0.15, 0.2) is 18.2 Å². The second-order valence-electron chi connectivity index (χ2n) is 8.19. The van der Waals surface area contributed by atoms with Gasteiger partial charge in [0.1, 0.15) is 11.6 Å². The molecular formula is C20H27FN2O5S. The highest BCUT2D eigenvalue weighted by atomic mass is 32.2. The largest absolute Gasteiger partial charge is 0.483 e. The fourth-order valence-electron chi connectivity index (χ4n) is 4.80. The number of hydrogen-bond donors (Lipinski definition) is 1. The lowest BCUT2D eigenvalue weighted by Crippen LogP contribution is -2.50. The van der Waals surface area contributed by atoms with Gasteiger partial charge in [0.2, 0.25) is 10.0 Å². The molecule has 1 aliphatic carbocycles. The molecule has 1 aromatic rings. The van der Waals surface area contributed by atoms with Crippen LogP contribution in [0.25, 0.3) is 0 Å². The second-order valence-corrected chi connectivity index (χ2v) is 9.97. The van der Waals surface area contributed by atoms with E-state index >= 15 is 0 Å². The Morgan fingerprint density at radius 2 is 1.93 bits per heavy atom. The Kier molecular flexibility index (Phi) is 5.81. The maximum absolute atomic E-state index is 14.6. The van der Waals surface area contributed by atoms with Crippen molar-refractivity contribution in [3.8, 4) is 5.75 Å². The van der Waals surface area contributed by atoms with Crippen LogP contribution in [0.3, 0.4) is 0 Å². The molecule has 9 heteroatoms. The topological polar surface area (TPSA) is 84.9 Å². The standard InChI is InChI=1S/C20H27FN2O5S/c1-29(25,26)22-16-9-10-23-17(16)11-27-14-7-5-13(6-8-14)20-15(21)3-2-4-18(20)28-12-19(23)24/h2-4,13-14,16-17,22H,5-12H2,1H3/t13-,14+,16-,17-/m0/s1. The summed E-state index contributed by atoms with van der Waals surface area (Å²) >= 11 is 0. The van der Waals surface area contributed by atoms with Gasteiger partial charge in [-0.25, -0.2) is 17.5 Å².